The lowest BCUT2D eigenvalue weighted by atomic mass is 10.1. The molecule has 2 rings (SSSR count). The largest absolute Gasteiger partial charge is 0.465 e. The van der Waals surface area contributed by atoms with Gasteiger partial charge >= 0.3 is 5.97 Å². The van der Waals surface area contributed by atoms with Gasteiger partial charge in [0.2, 0.25) is 0 Å². The summed E-state index contributed by atoms with van der Waals surface area (Å²) in [6.45, 7) is 2.41. The maximum atomic E-state index is 11.8. The summed E-state index contributed by atoms with van der Waals surface area (Å²) in [7, 11) is 1.31. The van der Waals surface area contributed by atoms with E-state index in [1.807, 2.05) is 19.1 Å². The van der Waals surface area contributed by atoms with Crippen molar-refractivity contribution in [2.75, 3.05) is 18.2 Å². The van der Waals surface area contributed by atoms with Crippen LogP contribution < -0.4 is 11.1 Å². The lowest BCUT2D eigenvalue weighted by Crippen LogP contribution is -2.10. The lowest BCUT2D eigenvalue weighted by molar-refractivity contribution is 0.0602. The summed E-state index contributed by atoms with van der Waals surface area (Å²) in [5.41, 5.74) is 8.85. The Morgan fingerprint density at radius 2 is 2.19 bits per heavy atom. The monoisotopic (exact) mass is 305 g/mol. The van der Waals surface area contributed by atoms with E-state index in [9.17, 15) is 4.79 Å². The molecule has 0 bridgehead atoms. The van der Waals surface area contributed by atoms with Crippen LogP contribution in [-0.4, -0.2) is 18.1 Å². The number of ether oxygens (including phenoxy) is 1. The molecule has 0 amide bonds. The highest BCUT2D eigenvalue weighted by Gasteiger charge is 2.16. The second-order valence-electron chi connectivity index (χ2n) is 4.58. The van der Waals surface area contributed by atoms with Gasteiger partial charge in [0.1, 0.15) is 0 Å². The highest BCUT2D eigenvalue weighted by atomic mass is 35.5. The molecule has 0 radical (unpaired) electrons. The molecule has 1 aromatic heterocycles. The van der Waals surface area contributed by atoms with Crippen molar-refractivity contribution in [3.63, 3.8) is 0 Å². The summed E-state index contributed by atoms with van der Waals surface area (Å²) in [4.78, 5) is 16.0. The van der Waals surface area contributed by atoms with Crippen LogP contribution in [0.2, 0.25) is 5.02 Å². The third-order valence-electron chi connectivity index (χ3n) is 2.96. The molecule has 0 saturated heterocycles. The van der Waals surface area contributed by atoms with Crippen LogP contribution in [0.1, 0.15) is 21.6 Å². The fourth-order valence-electron chi connectivity index (χ4n) is 1.87. The van der Waals surface area contributed by atoms with Crippen LogP contribution in [0.25, 0.3) is 0 Å². The number of benzene rings is 1. The number of hydrogen-bond donors (Lipinski definition) is 2. The van der Waals surface area contributed by atoms with E-state index < -0.39 is 5.97 Å². The van der Waals surface area contributed by atoms with Crippen LogP contribution in [-0.2, 0) is 11.3 Å². The predicted molar refractivity (Wildman–Crippen MR) is 83.5 cm³/mol. The van der Waals surface area contributed by atoms with Crippen molar-refractivity contribution in [1.82, 2.24) is 4.98 Å². The van der Waals surface area contributed by atoms with Crippen molar-refractivity contribution >= 4 is 28.9 Å². The number of esters is 1. The number of carbonyl (C=O) groups is 1. The van der Waals surface area contributed by atoms with Crippen molar-refractivity contribution < 1.29 is 9.53 Å². The summed E-state index contributed by atoms with van der Waals surface area (Å²) >= 11 is 6.16. The lowest BCUT2D eigenvalue weighted by Gasteiger charge is -2.13. The first-order chi connectivity index (χ1) is 10.0. The number of rotatable bonds is 4. The number of aromatic nitrogens is 1. The Hall–Kier alpha value is -2.27. The minimum Gasteiger partial charge on any atom is -0.465 e. The Labute approximate surface area is 128 Å². The zero-order chi connectivity index (χ0) is 15.4. The standard InChI is InChI=1S/C15H16ClN3O2/c1-9-3-4-10(7-18-9)8-19-14-12(15(20)21-2)5-11(17)6-13(14)16/h3-7,19H,8,17H2,1-2H3. The minimum absolute atomic E-state index is 0.308. The highest BCUT2D eigenvalue weighted by Crippen LogP contribution is 2.30. The third-order valence-corrected chi connectivity index (χ3v) is 3.26. The molecule has 110 valence electrons. The zero-order valence-electron chi connectivity index (χ0n) is 11.8. The normalized spacial score (nSPS) is 10.2. The smallest absolute Gasteiger partial charge is 0.340 e. The van der Waals surface area contributed by atoms with Crippen LogP contribution in [0.3, 0.4) is 0 Å². The van der Waals surface area contributed by atoms with Gasteiger partial charge in [-0.1, -0.05) is 17.7 Å². The number of anilines is 2. The van der Waals surface area contributed by atoms with Gasteiger partial charge in [0.25, 0.3) is 0 Å². The van der Waals surface area contributed by atoms with E-state index in [4.69, 9.17) is 22.1 Å². The molecule has 0 atom stereocenters. The molecule has 0 aliphatic rings. The molecule has 2 aromatic rings. The maximum Gasteiger partial charge on any atom is 0.340 e. The average molecular weight is 306 g/mol. The number of carbonyl (C=O) groups excluding carboxylic acids is 1. The molecule has 6 heteroatoms. The summed E-state index contributed by atoms with van der Waals surface area (Å²) in [6, 6.07) is 7.00. The Morgan fingerprint density at radius 3 is 2.81 bits per heavy atom. The molecule has 0 spiro atoms. The van der Waals surface area contributed by atoms with Crippen molar-refractivity contribution in [2.45, 2.75) is 13.5 Å². The first-order valence-electron chi connectivity index (χ1n) is 6.34. The van der Waals surface area contributed by atoms with Gasteiger partial charge in [-0.05, 0) is 30.7 Å². The average Bonchev–Trinajstić information content (AvgIpc) is 2.46. The first-order valence-corrected chi connectivity index (χ1v) is 6.72. The van der Waals surface area contributed by atoms with Gasteiger partial charge in [-0.25, -0.2) is 4.79 Å². The molecular formula is C15H16ClN3O2. The molecule has 21 heavy (non-hydrogen) atoms. The van der Waals surface area contributed by atoms with Crippen molar-refractivity contribution in [1.29, 1.82) is 0 Å². The molecule has 1 heterocycles. The van der Waals surface area contributed by atoms with E-state index >= 15 is 0 Å². The van der Waals surface area contributed by atoms with E-state index in [0.717, 1.165) is 11.3 Å². The number of methoxy groups -OCH3 is 1. The summed E-state index contributed by atoms with van der Waals surface area (Å²) < 4.78 is 4.75. The highest BCUT2D eigenvalue weighted by molar-refractivity contribution is 6.34. The number of nitrogen functional groups attached to an aromatic ring is 1. The number of hydrogen-bond acceptors (Lipinski definition) is 5. The molecule has 0 aliphatic carbocycles. The van der Waals surface area contributed by atoms with Crippen molar-refractivity contribution in [3.05, 3.63) is 52.3 Å². The number of nitrogens with one attached hydrogen (secondary N) is 1. The molecule has 0 saturated carbocycles. The first kappa shape index (κ1) is 15.1. The minimum atomic E-state index is -0.492. The van der Waals surface area contributed by atoms with E-state index in [1.165, 1.54) is 13.2 Å². The van der Waals surface area contributed by atoms with E-state index in [2.05, 4.69) is 10.3 Å². The fourth-order valence-corrected chi connectivity index (χ4v) is 2.17. The van der Waals surface area contributed by atoms with Gasteiger partial charge < -0.3 is 15.8 Å². The van der Waals surface area contributed by atoms with Crippen LogP contribution in [0.15, 0.2) is 30.5 Å². The Bertz CT molecular complexity index is 657. The van der Waals surface area contributed by atoms with Gasteiger partial charge in [-0.15, -0.1) is 0 Å². The number of halogens is 1. The van der Waals surface area contributed by atoms with E-state index in [-0.39, 0.29) is 0 Å². The Morgan fingerprint density at radius 1 is 1.43 bits per heavy atom. The van der Waals surface area contributed by atoms with Crippen molar-refractivity contribution in [2.24, 2.45) is 0 Å². The molecule has 1 aromatic carbocycles. The molecular weight excluding hydrogens is 290 g/mol. The van der Waals surface area contributed by atoms with Gasteiger partial charge in [0, 0.05) is 24.1 Å². The van der Waals surface area contributed by atoms with Crippen LogP contribution in [0.5, 0.6) is 0 Å². The topological polar surface area (TPSA) is 77.2 Å². The van der Waals surface area contributed by atoms with Crippen molar-refractivity contribution in [3.8, 4) is 0 Å². The quantitative estimate of drug-likeness (QED) is 0.670. The predicted octanol–water partition coefficient (Wildman–Crippen LogP) is 3.02. The fraction of sp³-hybridized carbons (Fsp3) is 0.200. The number of nitrogens with two attached hydrogens (primary N) is 1. The summed E-state index contributed by atoms with van der Waals surface area (Å²) in [5, 5.41) is 3.50. The zero-order valence-corrected chi connectivity index (χ0v) is 12.6. The summed E-state index contributed by atoms with van der Waals surface area (Å²) in [5.74, 6) is -0.492. The van der Waals surface area contributed by atoms with E-state index in [0.29, 0.717) is 28.5 Å². The molecule has 0 fully saturated rings. The van der Waals surface area contributed by atoms with Crippen LogP contribution in [0, 0.1) is 6.92 Å². The summed E-state index contributed by atoms with van der Waals surface area (Å²) in [6.07, 6.45) is 1.77. The van der Waals surface area contributed by atoms with Crippen LogP contribution in [0.4, 0.5) is 11.4 Å². The third kappa shape index (κ3) is 3.64. The van der Waals surface area contributed by atoms with Crippen LogP contribution >= 0.6 is 11.6 Å². The van der Waals surface area contributed by atoms with Gasteiger partial charge in [-0.2, -0.15) is 0 Å². The number of nitrogens with zero attached hydrogens (tertiary/aromatic N) is 1. The molecule has 0 unspecified atom stereocenters. The Balaban J connectivity index is 2.26. The molecule has 0 aliphatic heterocycles. The Kier molecular flexibility index (Phi) is 4.65. The molecule has 3 N–H and O–H groups in total. The van der Waals surface area contributed by atoms with Gasteiger partial charge in [0.15, 0.2) is 0 Å². The van der Waals surface area contributed by atoms with E-state index in [1.54, 1.807) is 12.3 Å². The second kappa shape index (κ2) is 6.45. The number of aryl methyl sites for hydroxylation is 1. The number of pyridine rings is 1. The maximum absolute atomic E-state index is 11.8. The molecule has 5 nitrogen and oxygen atoms in total. The van der Waals surface area contributed by atoms with Gasteiger partial charge in [-0.3, -0.25) is 4.98 Å². The van der Waals surface area contributed by atoms with Gasteiger partial charge in [0.05, 0.1) is 23.4 Å². The second-order valence-corrected chi connectivity index (χ2v) is 4.99. The SMILES string of the molecule is COC(=O)c1cc(N)cc(Cl)c1NCc1ccc(C)nc1.